The largest absolute Gasteiger partial charge is 0.383 e. The lowest BCUT2D eigenvalue weighted by atomic mass is 10.2. The van der Waals surface area contributed by atoms with E-state index in [0.29, 0.717) is 12.2 Å². The van der Waals surface area contributed by atoms with Gasteiger partial charge in [0.25, 0.3) is 0 Å². The third-order valence-corrected chi connectivity index (χ3v) is 2.05. The molecule has 0 saturated carbocycles. The number of nitrogens with zero attached hydrogens (tertiary/aromatic N) is 2. The molecule has 0 aromatic heterocycles. The van der Waals surface area contributed by atoms with E-state index in [1.807, 2.05) is 25.2 Å². The van der Waals surface area contributed by atoms with Crippen molar-refractivity contribution in [3.8, 4) is 6.07 Å². The molecule has 0 heterocycles. The summed E-state index contributed by atoms with van der Waals surface area (Å²) in [4.78, 5) is 2.06. The van der Waals surface area contributed by atoms with Crippen LogP contribution in [-0.2, 0) is 4.74 Å². The standard InChI is InChI=1S/C11H14N2O/c1-13(6-7-14-2)11-5-3-4-10(8-11)9-12/h3-5,8H,6-7H2,1-2H3. The molecule has 74 valence electrons. The molecule has 1 aromatic carbocycles. The number of methoxy groups -OCH3 is 1. The quantitative estimate of drug-likeness (QED) is 0.724. The molecule has 3 heteroatoms. The zero-order valence-electron chi connectivity index (χ0n) is 8.53. The van der Waals surface area contributed by atoms with Gasteiger partial charge in [0, 0.05) is 26.4 Å². The van der Waals surface area contributed by atoms with Crippen LogP contribution < -0.4 is 4.90 Å². The van der Waals surface area contributed by atoms with Gasteiger partial charge in [-0.25, -0.2) is 0 Å². The average Bonchev–Trinajstić information content (AvgIpc) is 2.26. The highest BCUT2D eigenvalue weighted by Gasteiger charge is 2.00. The smallest absolute Gasteiger partial charge is 0.0992 e. The molecule has 0 atom stereocenters. The first-order valence-electron chi connectivity index (χ1n) is 4.48. The zero-order chi connectivity index (χ0) is 10.4. The van der Waals surface area contributed by atoms with E-state index in [0.717, 1.165) is 12.2 Å². The van der Waals surface area contributed by atoms with Gasteiger partial charge in [-0.1, -0.05) is 6.07 Å². The van der Waals surface area contributed by atoms with E-state index in [-0.39, 0.29) is 0 Å². The minimum Gasteiger partial charge on any atom is -0.383 e. The summed E-state index contributed by atoms with van der Waals surface area (Å²) in [6.45, 7) is 1.51. The summed E-state index contributed by atoms with van der Waals surface area (Å²) in [7, 11) is 3.66. The maximum Gasteiger partial charge on any atom is 0.0992 e. The highest BCUT2D eigenvalue weighted by Crippen LogP contribution is 2.13. The summed E-state index contributed by atoms with van der Waals surface area (Å²) in [5, 5.41) is 8.73. The number of likely N-dealkylation sites (N-methyl/N-ethyl adjacent to an activating group) is 1. The molecule has 0 spiro atoms. The monoisotopic (exact) mass is 190 g/mol. The molecule has 0 amide bonds. The Hall–Kier alpha value is -1.53. The third-order valence-electron chi connectivity index (χ3n) is 2.05. The molecule has 0 N–H and O–H groups in total. The second kappa shape index (κ2) is 5.25. The fourth-order valence-electron chi connectivity index (χ4n) is 1.17. The number of benzene rings is 1. The van der Waals surface area contributed by atoms with Crippen LogP contribution in [0.5, 0.6) is 0 Å². The van der Waals surface area contributed by atoms with Gasteiger partial charge in [-0.05, 0) is 18.2 Å². The maximum absolute atomic E-state index is 8.73. The molecule has 0 aliphatic carbocycles. The predicted octanol–water partition coefficient (Wildman–Crippen LogP) is 1.64. The molecule has 0 radical (unpaired) electrons. The lowest BCUT2D eigenvalue weighted by molar-refractivity contribution is 0.206. The molecule has 14 heavy (non-hydrogen) atoms. The van der Waals surface area contributed by atoms with Crippen molar-refractivity contribution >= 4 is 5.69 Å². The second-order valence-corrected chi connectivity index (χ2v) is 3.08. The van der Waals surface area contributed by atoms with Gasteiger partial charge < -0.3 is 9.64 Å². The average molecular weight is 190 g/mol. The highest BCUT2D eigenvalue weighted by atomic mass is 16.5. The topological polar surface area (TPSA) is 36.3 Å². The van der Waals surface area contributed by atoms with Gasteiger partial charge in [-0.3, -0.25) is 0 Å². The predicted molar refractivity (Wildman–Crippen MR) is 56.3 cm³/mol. The Bertz CT molecular complexity index is 330. The molecular weight excluding hydrogens is 176 g/mol. The van der Waals surface area contributed by atoms with Crippen LogP contribution in [0, 0.1) is 11.3 Å². The first kappa shape index (κ1) is 10.6. The summed E-state index contributed by atoms with van der Waals surface area (Å²) >= 11 is 0. The number of nitriles is 1. The molecular formula is C11H14N2O. The third kappa shape index (κ3) is 2.75. The second-order valence-electron chi connectivity index (χ2n) is 3.08. The van der Waals surface area contributed by atoms with Gasteiger partial charge >= 0.3 is 0 Å². The van der Waals surface area contributed by atoms with Crippen molar-refractivity contribution < 1.29 is 4.74 Å². The highest BCUT2D eigenvalue weighted by molar-refractivity contribution is 5.50. The Balaban J connectivity index is 2.70. The van der Waals surface area contributed by atoms with E-state index in [9.17, 15) is 0 Å². The first-order valence-corrected chi connectivity index (χ1v) is 4.48. The molecule has 0 aliphatic rings. The summed E-state index contributed by atoms with van der Waals surface area (Å²) in [6, 6.07) is 9.66. The van der Waals surface area contributed by atoms with Crippen molar-refractivity contribution in [3.63, 3.8) is 0 Å². The fourth-order valence-corrected chi connectivity index (χ4v) is 1.17. The normalized spacial score (nSPS) is 9.50. The van der Waals surface area contributed by atoms with Crippen molar-refractivity contribution in [2.45, 2.75) is 0 Å². The number of hydrogen-bond donors (Lipinski definition) is 0. The zero-order valence-corrected chi connectivity index (χ0v) is 8.53. The van der Waals surface area contributed by atoms with E-state index >= 15 is 0 Å². The van der Waals surface area contributed by atoms with Gasteiger partial charge in [0.2, 0.25) is 0 Å². The van der Waals surface area contributed by atoms with Gasteiger partial charge in [0.15, 0.2) is 0 Å². The lowest BCUT2D eigenvalue weighted by Gasteiger charge is -2.18. The Morgan fingerprint density at radius 2 is 2.29 bits per heavy atom. The van der Waals surface area contributed by atoms with Crippen LogP contribution in [0.3, 0.4) is 0 Å². The van der Waals surface area contributed by atoms with Crippen LogP contribution in [0.25, 0.3) is 0 Å². The van der Waals surface area contributed by atoms with Crippen LogP contribution in [0.1, 0.15) is 5.56 Å². The van der Waals surface area contributed by atoms with Crippen molar-refractivity contribution in [1.29, 1.82) is 5.26 Å². The molecule has 3 nitrogen and oxygen atoms in total. The first-order chi connectivity index (χ1) is 6.77. The van der Waals surface area contributed by atoms with E-state index < -0.39 is 0 Å². The van der Waals surface area contributed by atoms with E-state index in [4.69, 9.17) is 10.00 Å². The van der Waals surface area contributed by atoms with Crippen LogP contribution in [-0.4, -0.2) is 27.3 Å². The van der Waals surface area contributed by atoms with Crippen molar-refractivity contribution in [3.05, 3.63) is 29.8 Å². The van der Waals surface area contributed by atoms with Gasteiger partial charge in [0.05, 0.1) is 18.2 Å². The van der Waals surface area contributed by atoms with E-state index in [1.54, 1.807) is 13.2 Å². The van der Waals surface area contributed by atoms with Gasteiger partial charge in [-0.15, -0.1) is 0 Å². The molecule has 0 unspecified atom stereocenters. The molecule has 1 aromatic rings. The SMILES string of the molecule is COCCN(C)c1cccc(C#N)c1. The Morgan fingerprint density at radius 1 is 1.50 bits per heavy atom. The summed E-state index contributed by atoms with van der Waals surface area (Å²) < 4.78 is 4.98. The molecule has 0 saturated heterocycles. The number of hydrogen-bond acceptors (Lipinski definition) is 3. The van der Waals surface area contributed by atoms with Crippen molar-refractivity contribution in [2.24, 2.45) is 0 Å². The number of ether oxygens (including phenoxy) is 1. The lowest BCUT2D eigenvalue weighted by Crippen LogP contribution is -2.21. The van der Waals surface area contributed by atoms with Gasteiger partial charge in [0.1, 0.15) is 0 Å². The maximum atomic E-state index is 8.73. The summed E-state index contributed by atoms with van der Waals surface area (Å²) in [5.74, 6) is 0. The van der Waals surface area contributed by atoms with Gasteiger partial charge in [-0.2, -0.15) is 5.26 Å². The van der Waals surface area contributed by atoms with Crippen LogP contribution in [0.15, 0.2) is 24.3 Å². The van der Waals surface area contributed by atoms with E-state index in [1.165, 1.54) is 0 Å². The Morgan fingerprint density at radius 3 is 2.93 bits per heavy atom. The summed E-state index contributed by atoms with van der Waals surface area (Å²) in [6.07, 6.45) is 0. The molecule has 0 aliphatic heterocycles. The van der Waals surface area contributed by atoms with Crippen molar-refractivity contribution in [1.82, 2.24) is 0 Å². The fraction of sp³-hybridized carbons (Fsp3) is 0.364. The van der Waals surface area contributed by atoms with Crippen LogP contribution >= 0.6 is 0 Å². The molecule has 1 rings (SSSR count). The number of rotatable bonds is 4. The van der Waals surface area contributed by atoms with Crippen LogP contribution in [0.2, 0.25) is 0 Å². The van der Waals surface area contributed by atoms with Crippen LogP contribution in [0.4, 0.5) is 5.69 Å². The molecule has 0 fully saturated rings. The molecule has 0 bridgehead atoms. The number of anilines is 1. The Labute approximate surface area is 84.5 Å². The van der Waals surface area contributed by atoms with E-state index in [2.05, 4.69) is 11.0 Å². The minimum absolute atomic E-state index is 0.687. The van der Waals surface area contributed by atoms with Crippen molar-refractivity contribution in [2.75, 3.05) is 32.2 Å². The Kier molecular flexibility index (Phi) is 3.96. The summed E-state index contributed by atoms with van der Waals surface area (Å²) in [5.41, 5.74) is 1.73. The minimum atomic E-state index is 0.687.